The van der Waals surface area contributed by atoms with Crippen LogP contribution in [0.3, 0.4) is 0 Å². The molecule has 0 aromatic carbocycles. The molecule has 0 aliphatic carbocycles. The van der Waals surface area contributed by atoms with E-state index in [4.69, 9.17) is 0 Å². The van der Waals surface area contributed by atoms with Crippen LogP contribution in [0.15, 0.2) is 17.5 Å². The Morgan fingerprint density at radius 3 is 2.73 bits per heavy atom. The van der Waals surface area contributed by atoms with Crippen molar-refractivity contribution in [1.82, 2.24) is 4.98 Å². The minimum Gasteiger partial charge on any atom is -0.240 e. The lowest BCUT2D eigenvalue weighted by Gasteiger charge is -1.98. The number of nitrogens with zero attached hydrogens (tertiary/aromatic N) is 1. The zero-order valence-corrected chi connectivity index (χ0v) is 10.9. The van der Waals surface area contributed by atoms with E-state index in [1.54, 1.807) is 11.3 Å². The molecule has 80 valence electrons. The molecule has 0 bridgehead atoms. The molecule has 2 heterocycles. The minimum atomic E-state index is 0.689. The summed E-state index contributed by atoms with van der Waals surface area (Å²) in [6.07, 6.45) is 1.09. The Balaban J connectivity index is 2.20. The first-order valence-electron chi connectivity index (χ1n) is 5.16. The van der Waals surface area contributed by atoms with E-state index in [9.17, 15) is 0 Å². The van der Waals surface area contributed by atoms with Crippen LogP contribution >= 0.6 is 22.7 Å². The molecule has 0 radical (unpaired) electrons. The summed E-state index contributed by atoms with van der Waals surface area (Å²) in [5, 5.41) is 3.43. The summed E-state index contributed by atoms with van der Waals surface area (Å²) in [6, 6.07) is 4.32. The molecule has 2 rings (SSSR count). The summed E-state index contributed by atoms with van der Waals surface area (Å²) in [5.41, 5.74) is 1.15. The number of rotatable bonds is 3. The van der Waals surface area contributed by atoms with Crippen LogP contribution in [0.4, 0.5) is 0 Å². The second-order valence-electron chi connectivity index (χ2n) is 4.13. The second-order valence-corrected chi connectivity index (χ2v) is 6.37. The first-order chi connectivity index (χ1) is 7.15. The fourth-order valence-electron chi connectivity index (χ4n) is 1.44. The molecule has 1 nitrogen and oxygen atoms in total. The Bertz CT molecular complexity index is 440. The van der Waals surface area contributed by atoms with Gasteiger partial charge in [-0.3, -0.25) is 0 Å². The average molecular weight is 237 g/mol. The Morgan fingerprint density at radius 2 is 2.13 bits per heavy atom. The second kappa shape index (κ2) is 4.45. The van der Waals surface area contributed by atoms with Gasteiger partial charge in [0, 0.05) is 16.7 Å². The highest BCUT2D eigenvalue weighted by Gasteiger charge is 2.07. The lowest BCUT2D eigenvalue weighted by Crippen LogP contribution is -1.92. The fraction of sp³-hybridized carbons (Fsp3) is 0.417. The minimum absolute atomic E-state index is 0.689. The number of hydrogen-bond donors (Lipinski definition) is 0. The van der Waals surface area contributed by atoms with Crippen LogP contribution in [0.25, 0.3) is 10.6 Å². The number of aryl methyl sites for hydroxylation is 1. The van der Waals surface area contributed by atoms with Crippen molar-refractivity contribution in [2.75, 3.05) is 0 Å². The van der Waals surface area contributed by atoms with Crippen LogP contribution in [-0.4, -0.2) is 4.98 Å². The van der Waals surface area contributed by atoms with Gasteiger partial charge in [0.25, 0.3) is 0 Å². The first-order valence-corrected chi connectivity index (χ1v) is 6.86. The predicted octanol–water partition coefficient (Wildman–Crippen LogP) is 4.38. The maximum absolute atomic E-state index is 4.66. The lowest BCUT2D eigenvalue weighted by atomic mass is 10.1. The average Bonchev–Trinajstić information content (AvgIpc) is 2.72. The summed E-state index contributed by atoms with van der Waals surface area (Å²) in [7, 11) is 0. The molecule has 0 unspecified atom stereocenters. The first kappa shape index (κ1) is 10.8. The van der Waals surface area contributed by atoms with Crippen molar-refractivity contribution in [3.8, 4) is 10.6 Å². The summed E-state index contributed by atoms with van der Waals surface area (Å²) < 4.78 is 0. The van der Waals surface area contributed by atoms with Gasteiger partial charge in [0.05, 0.1) is 15.6 Å². The molecule has 0 saturated heterocycles. The molecule has 0 amide bonds. The van der Waals surface area contributed by atoms with Crippen molar-refractivity contribution >= 4 is 22.7 Å². The van der Waals surface area contributed by atoms with Crippen LogP contribution in [0.2, 0.25) is 0 Å². The van der Waals surface area contributed by atoms with Gasteiger partial charge in [0.2, 0.25) is 0 Å². The maximum Gasteiger partial charge on any atom is 0.0935 e. The van der Waals surface area contributed by atoms with Gasteiger partial charge < -0.3 is 0 Å². The molecule has 2 aromatic rings. The maximum atomic E-state index is 4.66. The zero-order chi connectivity index (χ0) is 10.8. The van der Waals surface area contributed by atoms with Crippen molar-refractivity contribution in [2.24, 2.45) is 5.92 Å². The third kappa shape index (κ3) is 2.67. The van der Waals surface area contributed by atoms with E-state index in [-0.39, 0.29) is 0 Å². The van der Waals surface area contributed by atoms with E-state index in [0.29, 0.717) is 5.92 Å². The van der Waals surface area contributed by atoms with Gasteiger partial charge in [-0.15, -0.1) is 22.7 Å². The van der Waals surface area contributed by atoms with Gasteiger partial charge in [0.15, 0.2) is 0 Å². The smallest absolute Gasteiger partial charge is 0.0935 e. The monoisotopic (exact) mass is 237 g/mol. The fourth-order valence-corrected chi connectivity index (χ4v) is 3.35. The molecule has 0 fully saturated rings. The molecule has 0 saturated carbocycles. The van der Waals surface area contributed by atoms with Gasteiger partial charge in [-0.25, -0.2) is 4.98 Å². The van der Waals surface area contributed by atoms with Crippen LogP contribution in [0, 0.1) is 12.8 Å². The van der Waals surface area contributed by atoms with E-state index in [0.717, 1.165) is 12.1 Å². The van der Waals surface area contributed by atoms with Crippen molar-refractivity contribution < 1.29 is 0 Å². The largest absolute Gasteiger partial charge is 0.240 e. The molecule has 2 aromatic heterocycles. The molecular weight excluding hydrogens is 222 g/mol. The molecule has 0 aliphatic heterocycles. The van der Waals surface area contributed by atoms with Crippen molar-refractivity contribution in [1.29, 1.82) is 0 Å². The number of thiophene rings is 1. The van der Waals surface area contributed by atoms with Gasteiger partial charge in [0.1, 0.15) is 0 Å². The number of aromatic nitrogens is 1. The van der Waals surface area contributed by atoms with Gasteiger partial charge >= 0.3 is 0 Å². The Kier molecular flexibility index (Phi) is 3.22. The molecule has 0 aliphatic rings. The highest BCUT2D eigenvalue weighted by Crippen LogP contribution is 2.29. The standard InChI is InChI=1S/C12H15NS2/c1-8(2)6-12-13-10(7-14-12)11-5-4-9(3)15-11/h4-5,7-8H,6H2,1-3H3. The molecule has 3 heteroatoms. The Morgan fingerprint density at radius 1 is 1.33 bits per heavy atom. The molecule has 0 atom stereocenters. The van der Waals surface area contributed by atoms with E-state index in [1.807, 2.05) is 11.3 Å². The highest BCUT2D eigenvalue weighted by atomic mass is 32.1. The third-order valence-corrected chi connectivity index (χ3v) is 4.02. The highest BCUT2D eigenvalue weighted by molar-refractivity contribution is 7.16. The van der Waals surface area contributed by atoms with E-state index >= 15 is 0 Å². The summed E-state index contributed by atoms with van der Waals surface area (Å²) >= 11 is 3.59. The molecule has 0 spiro atoms. The number of thiazole rings is 1. The summed E-state index contributed by atoms with van der Waals surface area (Å²) in [6.45, 7) is 6.60. The van der Waals surface area contributed by atoms with Crippen molar-refractivity contribution in [3.05, 3.63) is 27.4 Å². The van der Waals surface area contributed by atoms with Crippen LogP contribution in [-0.2, 0) is 6.42 Å². The van der Waals surface area contributed by atoms with Gasteiger partial charge in [-0.2, -0.15) is 0 Å². The van der Waals surface area contributed by atoms with E-state index in [1.165, 1.54) is 14.8 Å². The number of hydrogen-bond acceptors (Lipinski definition) is 3. The Labute approximate surface area is 98.8 Å². The summed E-state index contributed by atoms with van der Waals surface area (Å²) in [5.74, 6) is 0.689. The lowest BCUT2D eigenvalue weighted by molar-refractivity contribution is 0.645. The molecule has 0 N–H and O–H groups in total. The van der Waals surface area contributed by atoms with Crippen LogP contribution in [0.1, 0.15) is 23.7 Å². The SMILES string of the molecule is Cc1ccc(-c2csc(CC(C)C)n2)s1. The predicted molar refractivity (Wildman–Crippen MR) is 68.7 cm³/mol. The van der Waals surface area contributed by atoms with E-state index < -0.39 is 0 Å². The zero-order valence-electron chi connectivity index (χ0n) is 9.28. The molecule has 15 heavy (non-hydrogen) atoms. The normalized spacial score (nSPS) is 11.2. The summed E-state index contributed by atoms with van der Waals surface area (Å²) in [4.78, 5) is 7.30. The van der Waals surface area contributed by atoms with Crippen molar-refractivity contribution in [3.63, 3.8) is 0 Å². The van der Waals surface area contributed by atoms with Crippen molar-refractivity contribution in [2.45, 2.75) is 27.2 Å². The van der Waals surface area contributed by atoms with Crippen LogP contribution in [0.5, 0.6) is 0 Å². The van der Waals surface area contributed by atoms with E-state index in [2.05, 4.69) is 43.3 Å². The van der Waals surface area contributed by atoms with Crippen LogP contribution < -0.4 is 0 Å². The quantitative estimate of drug-likeness (QED) is 0.772. The topological polar surface area (TPSA) is 12.9 Å². The van der Waals surface area contributed by atoms with Gasteiger partial charge in [-0.05, 0) is 25.0 Å². The Hall–Kier alpha value is -0.670. The third-order valence-electron chi connectivity index (χ3n) is 2.13. The van der Waals surface area contributed by atoms with Gasteiger partial charge in [-0.1, -0.05) is 13.8 Å². The molecular formula is C12H15NS2.